The Hall–Kier alpha value is -1.36. The molecule has 0 unspecified atom stereocenters. The Morgan fingerprint density at radius 1 is 1.67 bits per heavy atom. The molecule has 0 atom stereocenters. The first-order chi connectivity index (χ1) is 5.95. The van der Waals surface area contributed by atoms with Gasteiger partial charge in [0.05, 0.1) is 0 Å². The number of hydrogen-bond acceptors (Lipinski definition) is 5. The number of rotatable bonds is 3. The molecule has 4 nitrogen and oxygen atoms in total. The summed E-state index contributed by atoms with van der Waals surface area (Å²) in [4.78, 5) is 7.72. The fourth-order valence-corrected chi connectivity index (χ4v) is 1.23. The van der Waals surface area contributed by atoms with Crippen molar-refractivity contribution >= 4 is 11.3 Å². The van der Waals surface area contributed by atoms with Crippen LogP contribution < -0.4 is 4.74 Å². The predicted octanol–water partition coefficient (Wildman–Crippen LogP) is 1.51. The van der Waals surface area contributed by atoms with E-state index in [1.54, 1.807) is 17.5 Å². The normalized spacial score (nSPS) is 10.0. The Morgan fingerprint density at radius 2 is 2.67 bits per heavy atom. The Kier molecular flexibility index (Phi) is 2.04. The molecule has 61 valence electrons. The maximum Gasteiger partial charge on any atom is 0.287 e. The second-order valence-corrected chi connectivity index (χ2v) is 2.97. The molecule has 2 aromatic rings. The van der Waals surface area contributed by atoms with Gasteiger partial charge < -0.3 is 9.15 Å². The highest BCUT2D eigenvalue weighted by Gasteiger charge is 1.99. The molecular formula is C7H5N2O2S. The molecule has 0 fully saturated rings. The smallest absolute Gasteiger partial charge is 0.287 e. The van der Waals surface area contributed by atoms with E-state index >= 15 is 0 Å². The van der Waals surface area contributed by atoms with Gasteiger partial charge in [-0.3, -0.25) is 0 Å². The summed E-state index contributed by atoms with van der Waals surface area (Å²) in [5.41, 5.74) is 0. The van der Waals surface area contributed by atoms with Crippen molar-refractivity contribution in [1.29, 1.82) is 0 Å². The molecule has 0 aliphatic rings. The third kappa shape index (κ3) is 1.62. The van der Waals surface area contributed by atoms with Crippen LogP contribution in [0.5, 0.6) is 5.88 Å². The maximum absolute atomic E-state index is 5.20. The van der Waals surface area contributed by atoms with Gasteiger partial charge in [0.1, 0.15) is 11.6 Å². The molecule has 0 amide bonds. The first-order valence-corrected chi connectivity index (χ1v) is 4.16. The summed E-state index contributed by atoms with van der Waals surface area (Å²) in [5.74, 6) is 0.435. The van der Waals surface area contributed by atoms with E-state index in [1.807, 2.05) is 5.38 Å². The molecule has 2 aromatic heterocycles. The summed E-state index contributed by atoms with van der Waals surface area (Å²) in [6.07, 6.45) is 5.42. The van der Waals surface area contributed by atoms with Gasteiger partial charge in [-0.25, -0.2) is 4.98 Å². The summed E-state index contributed by atoms with van der Waals surface area (Å²) in [6, 6.07) is 0. The van der Waals surface area contributed by atoms with E-state index in [1.165, 1.54) is 6.26 Å². The van der Waals surface area contributed by atoms with E-state index in [-0.39, 0.29) is 0 Å². The molecule has 1 radical (unpaired) electrons. The average Bonchev–Trinajstić information content (AvgIpc) is 2.74. The first kappa shape index (κ1) is 7.30. The maximum atomic E-state index is 5.20. The Bertz CT molecular complexity index is 283. The number of oxazole rings is 1. The first-order valence-electron chi connectivity index (χ1n) is 3.28. The van der Waals surface area contributed by atoms with Crippen LogP contribution in [0.25, 0.3) is 0 Å². The fraction of sp³-hybridized carbons (Fsp3) is 0.143. The Morgan fingerprint density at radius 3 is 3.33 bits per heavy atom. The van der Waals surface area contributed by atoms with Crippen LogP contribution in [-0.4, -0.2) is 9.97 Å². The van der Waals surface area contributed by atoms with Crippen LogP contribution in [0.4, 0.5) is 0 Å². The predicted molar refractivity (Wildman–Crippen MR) is 41.8 cm³/mol. The molecule has 0 aromatic carbocycles. The minimum absolute atomic E-state index is 0.429. The molecule has 0 saturated carbocycles. The van der Waals surface area contributed by atoms with Gasteiger partial charge in [-0.05, 0) is 0 Å². The number of aromatic nitrogens is 2. The monoisotopic (exact) mass is 181 g/mol. The van der Waals surface area contributed by atoms with E-state index in [0.717, 1.165) is 5.01 Å². The lowest BCUT2D eigenvalue weighted by Gasteiger charge is -1.96. The van der Waals surface area contributed by atoms with Crippen molar-refractivity contribution in [1.82, 2.24) is 9.97 Å². The minimum Gasteiger partial charge on any atom is -0.468 e. The highest BCUT2D eigenvalue weighted by atomic mass is 32.1. The van der Waals surface area contributed by atoms with E-state index < -0.39 is 0 Å². The molecule has 5 heteroatoms. The van der Waals surface area contributed by atoms with Crippen molar-refractivity contribution in [3.63, 3.8) is 0 Å². The number of hydrogen-bond donors (Lipinski definition) is 0. The van der Waals surface area contributed by atoms with Gasteiger partial charge in [-0.15, -0.1) is 11.3 Å². The van der Waals surface area contributed by atoms with Gasteiger partial charge in [0.25, 0.3) is 12.3 Å². The topological polar surface area (TPSA) is 48.2 Å². The largest absolute Gasteiger partial charge is 0.468 e. The summed E-state index contributed by atoms with van der Waals surface area (Å²) < 4.78 is 9.81. The van der Waals surface area contributed by atoms with Gasteiger partial charge in [0, 0.05) is 11.6 Å². The van der Waals surface area contributed by atoms with Gasteiger partial charge in [0.2, 0.25) is 0 Å². The molecule has 0 bridgehead atoms. The Labute approximate surface area is 72.8 Å². The molecule has 0 spiro atoms. The third-order valence-corrected chi connectivity index (χ3v) is 1.95. The number of thiazole rings is 1. The summed E-state index contributed by atoms with van der Waals surface area (Å²) >= 11 is 1.54. The zero-order chi connectivity index (χ0) is 8.23. The third-order valence-electron chi connectivity index (χ3n) is 1.20. The lowest BCUT2D eigenvalue weighted by Crippen LogP contribution is -1.93. The van der Waals surface area contributed by atoms with Crippen LogP contribution in [-0.2, 0) is 6.61 Å². The van der Waals surface area contributed by atoms with Crippen molar-refractivity contribution in [2.24, 2.45) is 0 Å². The average molecular weight is 181 g/mol. The van der Waals surface area contributed by atoms with Crippen LogP contribution in [0, 0.1) is 6.39 Å². The van der Waals surface area contributed by atoms with Crippen LogP contribution in [0.3, 0.4) is 0 Å². The second kappa shape index (κ2) is 3.36. The zero-order valence-corrected chi connectivity index (χ0v) is 6.87. The molecule has 12 heavy (non-hydrogen) atoms. The van der Waals surface area contributed by atoms with E-state index in [4.69, 9.17) is 4.74 Å². The van der Waals surface area contributed by atoms with Crippen molar-refractivity contribution in [2.45, 2.75) is 6.61 Å². The van der Waals surface area contributed by atoms with Gasteiger partial charge in [0.15, 0.2) is 6.26 Å². The van der Waals surface area contributed by atoms with Crippen LogP contribution in [0.15, 0.2) is 22.3 Å². The lowest BCUT2D eigenvalue weighted by atomic mass is 10.7. The number of nitrogens with zero attached hydrogens (tertiary/aromatic N) is 2. The quantitative estimate of drug-likeness (QED) is 0.720. The second-order valence-electron chi connectivity index (χ2n) is 1.99. The SMILES string of the molecule is [c]1nc(OCc2nccs2)co1. The highest BCUT2D eigenvalue weighted by molar-refractivity contribution is 7.09. The van der Waals surface area contributed by atoms with Gasteiger partial charge in [-0.2, -0.15) is 4.98 Å². The van der Waals surface area contributed by atoms with Crippen molar-refractivity contribution < 1.29 is 9.15 Å². The van der Waals surface area contributed by atoms with E-state index in [9.17, 15) is 0 Å². The van der Waals surface area contributed by atoms with Crippen molar-refractivity contribution in [2.75, 3.05) is 0 Å². The molecule has 0 aliphatic carbocycles. The molecule has 2 rings (SSSR count). The molecule has 0 N–H and O–H groups in total. The molecular weight excluding hydrogens is 176 g/mol. The van der Waals surface area contributed by atoms with Crippen molar-refractivity contribution in [3.05, 3.63) is 29.2 Å². The van der Waals surface area contributed by atoms with Crippen LogP contribution in [0.2, 0.25) is 0 Å². The van der Waals surface area contributed by atoms with Crippen LogP contribution >= 0.6 is 11.3 Å². The van der Waals surface area contributed by atoms with E-state index in [2.05, 4.69) is 20.8 Å². The molecule has 2 heterocycles. The van der Waals surface area contributed by atoms with Crippen molar-refractivity contribution in [3.8, 4) is 5.88 Å². The Balaban J connectivity index is 1.91. The minimum atomic E-state index is 0.429. The molecule has 0 aliphatic heterocycles. The van der Waals surface area contributed by atoms with Gasteiger partial charge in [-0.1, -0.05) is 0 Å². The summed E-state index contributed by atoms with van der Waals surface area (Å²) in [6.45, 7) is 0.429. The van der Waals surface area contributed by atoms with Crippen LogP contribution in [0.1, 0.15) is 5.01 Å². The molecule has 0 saturated heterocycles. The standard InChI is InChI=1S/C7H5N2O2S/c1-2-12-7(8-1)4-11-6-3-10-5-9-6/h1-3H,4H2. The fourth-order valence-electron chi connectivity index (χ4n) is 0.701. The lowest BCUT2D eigenvalue weighted by molar-refractivity contribution is 0.292. The summed E-state index contributed by atoms with van der Waals surface area (Å²) in [7, 11) is 0. The zero-order valence-electron chi connectivity index (χ0n) is 6.06. The number of ether oxygens (including phenoxy) is 1. The summed E-state index contributed by atoms with van der Waals surface area (Å²) in [5, 5.41) is 2.81. The highest BCUT2D eigenvalue weighted by Crippen LogP contribution is 2.09. The van der Waals surface area contributed by atoms with Gasteiger partial charge >= 0.3 is 0 Å². The van der Waals surface area contributed by atoms with E-state index in [0.29, 0.717) is 12.5 Å².